The van der Waals surface area contributed by atoms with Crippen LogP contribution in [0.25, 0.3) is 5.76 Å². The highest BCUT2D eigenvalue weighted by Crippen LogP contribution is 2.49. The van der Waals surface area contributed by atoms with Crippen molar-refractivity contribution in [2.24, 2.45) is 0 Å². The van der Waals surface area contributed by atoms with E-state index in [-0.39, 0.29) is 45.4 Å². The van der Waals surface area contributed by atoms with E-state index in [9.17, 15) is 14.7 Å². The molecule has 1 unspecified atom stereocenters. The topological polar surface area (TPSA) is 94.5 Å². The molecule has 8 nitrogen and oxygen atoms in total. The second-order valence-electron chi connectivity index (χ2n) is 9.31. The Morgan fingerprint density at radius 3 is 2.28 bits per heavy atom. The third kappa shape index (κ3) is 4.43. The largest absolute Gasteiger partial charge is 0.507 e. The van der Waals surface area contributed by atoms with E-state index < -0.39 is 23.5 Å². The number of hydrogen-bond donors (Lipinski definition) is 1. The summed E-state index contributed by atoms with van der Waals surface area (Å²) in [6.07, 6.45) is 0. The van der Waals surface area contributed by atoms with Gasteiger partial charge in [-0.1, -0.05) is 61.3 Å². The summed E-state index contributed by atoms with van der Waals surface area (Å²) in [5, 5.41) is 11.7. The van der Waals surface area contributed by atoms with Crippen molar-refractivity contribution >= 4 is 46.3 Å². The molecule has 1 saturated heterocycles. The van der Waals surface area contributed by atoms with Gasteiger partial charge in [0.1, 0.15) is 10.8 Å². The second kappa shape index (κ2) is 10.4. The van der Waals surface area contributed by atoms with Gasteiger partial charge in [-0.3, -0.25) is 14.5 Å². The highest BCUT2D eigenvalue weighted by atomic mass is 35.5. The van der Waals surface area contributed by atoms with Crippen LogP contribution in [-0.2, 0) is 9.59 Å². The van der Waals surface area contributed by atoms with E-state index >= 15 is 0 Å². The van der Waals surface area contributed by atoms with Crippen molar-refractivity contribution in [2.45, 2.75) is 25.8 Å². The number of carbonyl (C=O) groups excluding carboxylic acids is 2. The maximum atomic E-state index is 13.6. The summed E-state index contributed by atoms with van der Waals surface area (Å²) in [7, 11) is 2.75. The zero-order valence-corrected chi connectivity index (χ0v) is 23.1. The highest BCUT2D eigenvalue weighted by molar-refractivity contribution is 6.52. The summed E-state index contributed by atoms with van der Waals surface area (Å²) >= 11 is 12.8. The van der Waals surface area contributed by atoms with Crippen LogP contribution < -0.4 is 23.8 Å². The molecule has 0 saturated carbocycles. The third-order valence-corrected chi connectivity index (χ3v) is 7.42. The van der Waals surface area contributed by atoms with Crippen LogP contribution in [0.3, 0.4) is 0 Å². The minimum atomic E-state index is -0.976. The summed E-state index contributed by atoms with van der Waals surface area (Å²) in [5.74, 6) is -0.762. The molecule has 1 fully saturated rings. The fourth-order valence-corrected chi connectivity index (χ4v) is 5.49. The van der Waals surface area contributed by atoms with Gasteiger partial charge < -0.3 is 24.1 Å². The minimum Gasteiger partial charge on any atom is -0.507 e. The Balaban J connectivity index is 1.75. The SMILES string of the molecule is COc1c(Cl)cc(/C(O)=C2\C(=O)C(=O)N(c3ccc4c(c3)OCO4)C2c2ccc(C(C)C)cc2)c(OC)c1Cl. The van der Waals surface area contributed by atoms with Gasteiger partial charge in [0.15, 0.2) is 23.0 Å². The smallest absolute Gasteiger partial charge is 0.300 e. The van der Waals surface area contributed by atoms with Crippen LogP contribution >= 0.6 is 23.2 Å². The number of Topliss-reactive ketones (excluding diaryl/α,β-unsaturated/α-hetero) is 1. The van der Waals surface area contributed by atoms with Crippen molar-refractivity contribution < 1.29 is 33.6 Å². The molecular formula is C29H25Cl2NO7. The number of aliphatic hydroxyl groups excluding tert-OH is 1. The molecule has 0 aromatic heterocycles. The molecule has 0 aliphatic carbocycles. The average Bonchev–Trinajstić information content (AvgIpc) is 3.50. The molecule has 0 bridgehead atoms. The van der Waals surface area contributed by atoms with Gasteiger partial charge in [0.05, 0.1) is 36.4 Å². The quantitative estimate of drug-likeness (QED) is 0.206. The molecule has 1 atom stereocenters. The van der Waals surface area contributed by atoms with Crippen LogP contribution in [0.4, 0.5) is 5.69 Å². The predicted octanol–water partition coefficient (Wildman–Crippen LogP) is 6.49. The van der Waals surface area contributed by atoms with Crippen LogP contribution in [0.2, 0.25) is 10.0 Å². The molecule has 202 valence electrons. The van der Waals surface area contributed by atoms with Gasteiger partial charge in [-0.15, -0.1) is 0 Å². The van der Waals surface area contributed by atoms with E-state index in [2.05, 4.69) is 13.8 Å². The van der Waals surface area contributed by atoms with Crippen LogP contribution in [-0.4, -0.2) is 37.8 Å². The lowest BCUT2D eigenvalue weighted by Crippen LogP contribution is -2.29. The summed E-state index contributed by atoms with van der Waals surface area (Å²) in [4.78, 5) is 28.5. The van der Waals surface area contributed by atoms with Crippen LogP contribution in [0.1, 0.15) is 42.5 Å². The first-order chi connectivity index (χ1) is 18.7. The molecule has 2 aliphatic heterocycles. The van der Waals surface area contributed by atoms with E-state index in [1.165, 1.54) is 25.2 Å². The van der Waals surface area contributed by atoms with Crippen LogP contribution in [0.5, 0.6) is 23.0 Å². The predicted molar refractivity (Wildman–Crippen MR) is 147 cm³/mol. The van der Waals surface area contributed by atoms with Gasteiger partial charge >= 0.3 is 0 Å². The van der Waals surface area contributed by atoms with Crippen molar-refractivity contribution in [1.29, 1.82) is 0 Å². The molecule has 1 amide bonds. The number of carbonyl (C=O) groups is 2. The maximum absolute atomic E-state index is 13.6. The lowest BCUT2D eigenvalue weighted by molar-refractivity contribution is -0.132. The molecule has 0 spiro atoms. The number of nitrogens with zero attached hydrogens (tertiary/aromatic N) is 1. The van der Waals surface area contributed by atoms with E-state index in [0.717, 1.165) is 5.56 Å². The first-order valence-electron chi connectivity index (χ1n) is 12.1. The molecule has 5 rings (SSSR count). The van der Waals surface area contributed by atoms with Gasteiger partial charge in [-0.05, 0) is 35.2 Å². The summed E-state index contributed by atoms with van der Waals surface area (Å²) in [6.45, 7) is 4.19. The molecule has 3 aromatic rings. The monoisotopic (exact) mass is 569 g/mol. The number of halogens is 2. The van der Waals surface area contributed by atoms with E-state index in [4.69, 9.17) is 42.1 Å². The van der Waals surface area contributed by atoms with Gasteiger partial charge in [0.2, 0.25) is 6.79 Å². The van der Waals surface area contributed by atoms with E-state index in [1.54, 1.807) is 18.2 Å². The molecule has 10 heteroatoms. The zero-order valence-electron chi connectivity index (χ0n) is 21.6. The fourth-order valence-electron chi connectivity index (χ4n) is 4.80. The number of fused-ring (bicyclic) bond motifs is 1. The Hall–Kier alpha value is -3.88. The average molecular weight is 570 g/mol. The number of ketones is 1. The Labute approximate surface area is 235 Å². The Kier molecular flexibility index (Phi) is 7.09. The Morgan fingerprint density at radius 2 is 1.64 bits per heavy atom. The fraction of sp³-hybridized carbons (Fsp3) is 0.241. The number of hydrogen-bond acceptors (Lipinski definition) is 7. The molecular weight excluding hydrogens is 545 g/mol. The molecule has 3 aromatic carbocycles. The van der Waals surface area contributed by atoms with Crippen LogP contribution in [0.15, 0.2) is 54.1 Å². The summed E-state index contributed by atoms with van der Waals surface area (Å²) in [5.41, 5.74) is 1.99. The number of rotatable bonds is 6. The normalized spacial score (nSPS) is 17.7. The standard InChI is InChI=1S/C29H25Cl2NO7/c1-14(2)15-5-7-16(8-6-15)24-22(25(33)18-12-19(30)28(37-4)23(31)27(18)36-3)26(34)29(35)32(24)17-9-10-20-21(11-17)39-13-38-20/h5-12,14,24,33H,13H2,1-4H3/b25-22+. The molecule has 0 radical (unpaired) electrons. The van der Waals surface area contributed by atoms with Crippen molar-refractivity contribution in [3.8, 4) is 23.0 Å². The summed E-state index contributed by atoms with van der Waals surface area (Å²) < 4.78 is 21.6. The number of benzene rings is 3. The molecule has 2 aliphatic rings. The number of ether oxygens (including phenoxy) is 4. The van der Waals surface area contributed by atoms with Gasteiger partial charge in [-0.25, -0.2) is 0 Å². The van der Waals surface area contributed by atoms with Crippen LogP contribution in [0, 0.1) is 0 Å². The zero-order chi connectivity index (χ0) is 28.0. The first-order valence-corrected chi connectivity index (χ1v) is 12.8. The van der Waals surface area contributed by atoms with Crippen molar-refractivity contribution in [3.05, 3.63) is 80.8 Å². The minimum absolute atomic E-state index is 0.0110. The number of methoxy groups -OCH3 is 2. The van der Waals surface area contributed by atoms with Crippen molar-refractivity contribution in [3.63, 3.8) is 0 Å². The third-order valence-electron chi connectivity index (χ3n) is 6.79. The van der Waals surface area contributed by atoms with Gasteiger partial charge in [0.25, 0.3) is 11.7 Å². The highest BCUT2D eigenvalue weighted by Gasteiger charge is 2.47. The molecule has 2 heterocycles. The number of amides is 1. The van der Waals surface area contributed by atoms with Crippen molar-refractivity contribution in [2.75, 3.05) is 25.9 Å². The van der Waals surface area contributed by atoms with Crippen molar-refractivity contribution in [1.82, 2.24) is 0 Å². The maximum Gasteiger partial charge on any atom is 0.300 e. The molecule has 39 heavy (non-hydrogen) atoms. The Bertz CT molecular complexity index is 1520. The lowest BCUT2D eigenvalue weighted by Gasteiger charge is -2.26. The van der Waals surface area contributed by atoms with E-state index in [0.29, 0.717) is 22.7 Å². The van der Waals surface area contributed by atoms with Gasteiger partial charge in [0, 0.05) is 11.8 Å². The number of anilines is 1. The number of aliphatic hydroxyl groups is 1. The Morgan fingerprint density at radius 1 is 0.974 bits per heavy atom. The summed E-state index contributed by atoms with van der Waals surface area (Å²) in [6, 6.07) is 12.9. The first kappa shape index (κ1) is 26.7. The van der Waals surface area contributed by atoms with E-state index in [1.807, 2.05) is 24.3 Å². The lowest BCUT2D eigenvalue weighted by atomic mass is 9.92. The van der Waals surface area contributed by atoms with Gasteiger partial charge in [-0.2, -0.15) is 0 Å². The second-order valence-corrected chi connectivity index (χ2v) is 10.1. The molecule has 1 N–H and O–H groups in total.